The molecule has 2 rings (SSSR count). The molecule has 0 saturated heterocycles. The maximum absolute atomic E-state index is 6.20. The molecule has 2 N–H and O–H groups in total. The van der Waals surface area contributed by atoms with Crippen LogP contribution in [0.4, 0.5) is 0 Å². The van der Waals surface area contributed by atoms with Crippen molar-refractivity contribution in [1.29, 1.82) is 0 Å². The lowest BCUT2D eigenvalue weighted by Crippen LogP contribution is -2.30. The highest BCUT2D eigenvalue weighted by Gasteiger charge is 2.21. The molecule has 2 nitrogen and oxygen atoms in total. The van der Waals surface area contributed by atoms with Crippen LogP contribution in [0, 0.1) is 12.8 Å². The van der Waals surface area contributed by atoms with Gasteiger partial charge < -0.3 is 10.5 Å². The van der Waals surface area contributed by atoms with Crippen molar-refractivity contribution in [2.45, 2.75) is 45.1 Å². The third-order valence-electron chi connectivity index (χ3n) is 3.81. The molecule has 0 radical (unpaired) electrons. The number of ether oxygens (including phenoxy) is 1. The Balaban J connectivity index is 1.74. The summed E-state index contributed by atoms with van der Waals surface area (Å²) in [7, 11) is 0. The lowest BCUT2D eigenvalue weighted by Gasteiger charge is -2.19. The number of nitrogens with two attached hydrogens (primary N) is 1. The van der Waals surface area contributed by atoms with Gasteiger partial charge in [-0.1, -0.05) is 31.0 Å². The number of benzene rings is 1. The van der Waals surface area contributed by atoms with Gasteiger partial charge in [-0.05, 0) is 43.7 Å². The van der Waals surface area contributed by atoms with E-state index in [-0.39, 0.29) is 0 Å². The third kappa shape index (κ3) is 3.47. The second-order valence-electron chi connectivity index (χ2n) is 5.11. The third-order valence-corrected chi connectivity index (χ3v) is 3.81. The minimum Gasteiger partial charge on any atom is -0.493 e. The van der Waals surface area contributed by atoms with Crippen molar-refractivity contribution in [1.82, 2.24) is 0 Å². The first-order valence-electron chi connectivity index (χ1n) is 6.71. The van der Waals surface area contributed by atoms with Crippen LogP contribution < -0.4 is 10.5 Å². The van der Waals surface area contributed by atoms with Gasteiger partial charge in [-0.15, -0.1) is 0 Å². The van der Waals surface area contributed by atoms with Gasteiger partial charge >= 0.3 is 0 Å². The van der Waals surface area contributed by atoms with Crippen LogP contribution in [0.5, 0.6) is 5.75 Å². The molecule has 0 spiro atoms. The van der Waals surface area contributed by atoms with Crippen LogP contribution in [-0.4, -0.2) is 12.6 Å². The Morgan fingerprint density at radius 1 is 1.29 bits per heavy atom. The summed E-state index contributed by atoms with van der Waals surface area (Å²) in [6.45, 7) is 2.81. The lowest BCUT2D eigenvalue weighted by atomic mass is 9.97. The molecule has 1 fully saturated rings. The fourth-order valence-corrected chi connectivity index (χ4v) is 2.64. The largest absolute Gasteiger partial charge is 0.493 e. The summed E-state index contributed by atoms with van der Waals surface area (Å²) < 4.78 is 5.79. The smallest absolute Gasteiger partial charge is 0.122 e. The number of rotatable bonds is 5. The van der Waals surface area contributed by atoms with Gasteiger partial charge in [0.05, 0.1) is 6.61 Å². The summed E-state index contributed by atoms with van der Waals surface area (Å²) in [6, 6.07) is 8.47. The van der Waals surface area contributed by atoms with Crippen molar-refractivity contribution in [2.24, 2.45) is 11.7 Å². The van der Waals surface area contributed by atoms with E-state index in [1.807, 2.05) is 18.2 Å². The quantitative estimate of drug-likeness (QED) is 0.847. The minimum atomic E-state index is 0.321. The van der Waals surface area contributed by atoms with E-state index < -0.39 is 0 Å². The first kappa shape index (κ1) is 12.4. The van der Waals surface area contributed by atoms with Crippen LogP contribution >= 0.6 is 0 Å². The van der Waals surface area contributed by atoms with E-state index in [4.69, 9.17) is 10.5 Å². The molecule has 1 aromatic carbocycles. The molecule has 0 amide bonds. The molecule has 1 atom stereocenters. The molecule has 0 aliphatic heterocycles. The molecule has 0 aromatic heterocycles. The lowest BCUT2D eigenvalue weighted by molar-refractivity contribution is 0.273. The summed E-state index contributed by atoms with van der Waals surface area (Å²) in [5.41, 5.74) is 7.40. The minimum absolute atomic E-state index is 0.321. The molecule has 1 aromatic rings. The summed E-state index contributed by atoms with van der Waals surface area (Å²) >= 11 is 0. The molecule has 1 aliphatic carbocycles. The summed E-state index contributed by atoms with van der Waals surface area (Å²) in [5, 5.41) is 0. The number of para-hydroxylation sites is 1. The van der Waals surface area contributed by atoms with Gasteiger partial charge in [0.2, 0.25) is 0 Å². The maximum atomic E-state index is 6.20. The SMILES string of the molecule is Cc1ccccc1OCCC(N)C1CCCC1. The molecular formula is C15H23NO. The van der Waals surface area contributed by atoms with Gasteiger partial charge in [0.1, 0.15) is 5.75 Å². The molecule has 94 valence electrons. The second kappa shape index (κ2) is 6.06. The van der Waals surface area contributed by atoms with Gasteiger partial charge in [-0.25, -0.2) is 0 Å². The highest BCUT2D eigenvalue weighted by atomic mass is 16.5. The standard InChI is InChI=1S/C15H23NO/c1-12-6-2-5-9-15(12)17-11-10-14(16)13-7-3-4-8-13/h2,5-6,9,13-14H,3-4,7-8,10-11,16H2,1H3. The van der Waals surface area contributed by atoms with Crippen LogP contribution in [0.15, 0.2) is 24.3 Å². The molecule has 2 heteroatoms. The Bertz CT molecular complexity index is 345. The van der Waals surface area contributed by atoms with E-state index in [0.717, 1.165) is 24.7 Å². The molecular weight excluding hydrogens is 210 g/mol. The van der Waals surface area contributed by atoms with E-state index in [1.54, 1.807) is 0 Å². The zero-order chi connectivity index (χ0) is 12.1. The van der Waals surface area contributed by atoms with Gasteiger partial charge in [-0.3, -0.25) is 0 Å². The van der Waals surface area contributed by atoms with Crippen molar-refractivity contribution in [2.75, 3.05) is 6.61 Å². The van der Waals surface area contributed by atoms with Crippen LogP contribution in [0.2, 0.25) is 0 Å². The molecule has 1 saturated carbocycles. The van der Waals surface area contributed by atoms with Crippen molar-refractivity contribution in [3.63, 3.8) is 0 Å². The topological polar surface area (TPSA) is 35.2 Å². The van der Waals surface area contributed by atoms with Crippen molar-refractivity contribution in [3.8, 4) is 5.75 Å². The molecule has 0 bridgehead atoms. The Morgan fingerprint density at radius 2 is 2.00 bits per heavy atom. The van der Waals surface area contributed by atoms with E-state index >= 15 is 0 Å². The molecule has 1 unspecified atom stereocenters. The Labute approximate surface area is 104 Å². The Kier molecular flexibility index (Phi) is 4.43. The van der Waals surface area contributed by atoms with Crippen molar-refractivity contribution < 1.29 is 4.74 Å². The highest BCUT2D eigenvalue weighted by Crippen LogP contribution is 2.28. The van der Waals surface area contributed by atoms with Crippen LogP contribution in [0.3, 0.4) is 0 Å². The average molecular weight is 233 g/mol. The Hall–Kier alpha value is -1.02. The average Bonchev–Trinajstić information content (AvgIpc) is 2.85. The monoisotopic (exact) mass is 233 g/mol. The first-order valence-corrected chi connectivity index (χ1v) is 6.71. The van der Waals surface area contributed by atoms with E-state index in [9.17, 15) is 0 Å². The van der Waals surface area contributed by atoms with E-state index in [0.29, 0.717) is 6.04 Å². The fraction of sp³-hybridized carbons (Fsp3) is 0.600. The van der Waals surface area contributed by atoms with Gasteiger partial charge in [0.15, 0.2) is 0 Å². The molecule has 0 heterocycles. The highest BCUT2D eigenvalue weighted by molar-refractivity contribution is 5.31. The summed E-state index contributed by atoms with van der Waals surface area (Å²) in [4.78, 5) is 0. The number of hydrogen-bond acceptors (Lipinski definition) is 2. The van der Waals surface area contributed by atoms with Crippen molar-refractivity contribution >= 4 is 0 Å². The van der Waals surface area contributed by atoms with Crippen LogP contribution in [0.25, 0.3) is 0 Å². The van der Waals surface area contributed by atoms with Gasteiger partial charge in [0, 0.05) is 6.04 Å². The fourth-order valence-electron chi connectivity index (χ4n) is 2.64. The van der Waals surface area contributed by atoms with Crippen LogP contribution in [-0.2, 0) is 0 Å². The zero-order valence-electron chi connectivity index (χ0n) is 10.7. The predicted molar refractivity (Wildman–Crippen MR) is 71.2 cm³/mol. The zero-order valence-corrected chi connectivity index (χ0v) is 10.7. The Morgan fingerprint density at radius 3 is 2.71 bits per heavy atom. The normalized spacial score (nSPS) is 18.2. The maximum Gasteiger partial charge on any atom is 0.122 e. The van der Waals surface area contributed by atoms with Gasteiger partial charge in [-0.2, -0.15) is 0 Å². The van der Waals surface area contributed by atoms with E-state index in [1.165, 1.54) is 31.2 Å². The second-order valence-corrected chi connectivity index (χ2v) is 5.11. The van der Waals surface area contributed by atoms with E-state index in [2.05, 4.69) is 13.0 Å². The van der Waals surface area contributed by atoms with Crippen LogP contribution in [0.1, 0.15) is 37.7 Å². The van der Waals surface area contributed by atoms with Gasteiger partial charge in [0.25, 0.3) is 0 Å². The molecule has 17 heavy (non-hydrogen) atoms. The van der Waals surface area contributed by atoms with Crippen molar-refractivity contribution in [3.05, 3.63) is 29.8 Å². The predicted octanol–water partition coefficient (Wildman–Crippen LogP) is 3.28. The number of aryl methyl sites for hydroxylation is 1. The summed E-state index contributed by atoms with van der Waals surface area (Å²) in [5.74, 6) is 1.72. The first-order chi connectivity index (χ1) is 8.27. The molecule has 1 aliphatic rings. The summed E-state index contributed by atoms with van der Waals surface area (Å²) in [6.07, 6.45) is 6.31. The number of hydrogen-bond donors (Lipinski definition) is 1.